The lowest BCUT2D eigenvalue weighted by atomic mass is 10.2. The lowest BCUT2D eigenvalue weighted by Gasteiger charge is -2.10. The smallest absolute Gasteiger partial charge is 0.239 e. The van der Waals surface area contributed by atoms with Crippen LogP contribution in [-0.4, -0.2) is 9.97 Å². The number of hydrogen-bond acceptors (Lipinski definition) is 5. The molecule has 1 aromatic carbocycles. The molecule has 0 unspecified atom stereocenters. The van der Waals surface area contributed by atoms with Gasteiger partial charge in [-0.3, -0.25) is 5.43 Å². The average Bonchev–Trinajstić information content (AvgIpc) is 2.33. The zero-order chi connectivity index (χ0) is 13.1. The number of benzene rings is 1. The summed E-state index contributed by atoms with van der Waals surface area (Å²) in [6, 6.07) is 7.48. The van der Waals surface area contributed by atoms with Crippen molar-refractivity contribution in [2.24, 2.45) is 5.84 Å². The largest absolute Gasteiger partial charge is 0.340 e. The molecule has 0 saturated carbocycles. The van der Waals surface area contributed by atoms with Gasteiger partial charge in [0.1, 0.15) is 5.82 Å². The first-order valence-electron chi connectivity index (χ1n) is 5.44. The Balaban J connectivity index is 2.33. The number of anilines is 3. The highest BCUT2D eigenvalue weighted by Crippen LogP contribution is 2.23. The van der Waals surface area contributed by atoms with Gasteiger partial charge in [0.15, 0.2) is 0 Å². The van der Waals surface area contributed by atoms with E-state index in [-0.39, 0.29) is 0 Å². The van der Waals surface area contributed by atoms with Crippen LogP contribution in [0.25, 0.3) is 0 Å². The molecule has 18 heavy (non-hydrogen) atoms. The molecule has 0 amide bonds. The van der Waals surface area contributed by atoms with Crippen molar-refractivity contribution in [1.82, 2.24) is 9.97 Å². The number of halogens is 1. The van der Waals surface area contributed by atoms with Crippen LogP contribution >= 0.6 is 11.6 Å². The molecule has 6 heteroatoms. The summed E-state index contributed by atoms with van der Waals surface area (Å²) >= 11 is 5.97. The fourth-order valence-corrected chi connectivity index (χ4v) is 1.74. The Morgan fingerprint density at radius 3 is 2.67 bits per heavy atom. The predicted molar refractivity (Wildman–Crippen MR) is 74.1 cm³/mol. The van der Waals surface area contributed by atoms with Crippen molar-refractivity contribution < 1.29 is 0 Å². The topological polar surface area (TPSA) is 75.9 Å². The molecule has 0 aliphatic heterocycles. The number of aromatic nitrogens is 2. The second-order valence-corrected chi connectivity index (χ2v) is 4.38. The third-order valence-corrected chi connectivity index (χ3v) is 2.68. The van der Waals surface area contributed by atoms with Gasteiger partial charge in [-0.1, -0.05) is 17.7 Å². The standard InChI is InChI=1S/C12H14ClN5/c1-7-3-4-9(13)6-10(7)16-11-5-8(2)15-12(17-11)18-14/h3-6H,14H2,1-2H3,(H2,15,16,17,18). The minimum atomic E-state index is 0.372. The molecule has 0 aliphatic carbocycles. The maximum absolute atomic E-state index is 5.97. The van der Waals surface area contributed by atoms with Gasteiger partial charge in [-0.25, -0.2) is 10.8 Å². The van der Waals surface area contributed by atoms with Crippen LogP contribution in [0.4, 0.5) is 17.5 Å². The summed E-state index contributed by atoms with van der Waals surface area (Å²) in [5.74, 6) is 6.35. The summed E-state index contributed by atoms with van der Waals surface area (Å²) in [6.45, 7) is 3.87. The number of nitrogens with zero attached hydrogens (tertiary/aromatic N) is 2. The van der Waals surface area contributed by atoms with Crippen LogP contribution in [0.3, 0.4) is 0 Å². The summed E-state index contributed by atoms with van der Waals surface area (Å²) < 4.78 is 0. The van der Waals surface area contributed by atoms with Gasteiger partial charge in [-0.05, 0) is 31.5 Å². The van der Waals surface area contributed by atoms with Crippen LogP contribution in [0.1, 0.15) is 11.3 Å². The molecule has 5 nitrogen and oxygen atoms in total. The minimum absolute atomic E-state index is 0.372. The zero-order valence-corrected chi connectivity index (χ0v) is 10.9. The molecule has 94 valence electrons. The molecule has 4 N–H and O–H groups in total. The van der Waals surface area contributed by atoms with Crippen molar-refractivity contribution in [3.8, 4) is 0 Å². The average molecular weight is 264 g/mol. The molecule has 1 heterocycles. The van der Waals surface area contributed by atoms with Gasteiger partial charge >= 0.3 is 0 Å². The van der Waals surface area contributed by atoms with E-state index in [9.17, 15) is 0 Å². The Morgan fingerprint density at radius 1 is 1.17 bits per heavy atom. The number of nitrogens with one attached hydrogen (secondary N) is 2. The maximum atomic E-state index is 5.97. The lowest BCUT2D eigenvalue weighted by molar-refractivity contribution is 1.07. The summed E-state index contributed by atoms with van der Waals surface area (Å²) in [6.07, 6.45) is 0. The van der Waals surface area contributed by atoms with Crippen molar-refractivity contribution in [3.63, 3.8) is 0 Å². The van der Waals surface area contributed by atoms with Crippen LogP contribution in [0.15, 0.2) is 24.3 Å². The maximum Gasteiger partial charge on any atom is 0.239 e. The Morgan fingerprint density at radius 2 is 1.94 bits per heavy atom. The van der Waals surface area contributed by atoms with Gasteiger partial charge in [0.05, 0.1) is 0 Å². The van der Waals surface area contributed by atoms with Gasteiger partial charge < -0.3 is 5.32 Å². The highest BCUT2D eigenvalue weighted by molar-refractivity contribution is 6.30. The zero-order valence-electron chi connectivity index (χ0n) is 10.2. The van der Waals surface area contributed by atoms with E-state index in [1.165, 1.54) is 0 Å². The summed E-state index contributed by atoms with van der Waals surface area (Å²) in [5.41, 5.74) is 5.24. The van der Waals surface area contributed by atoms with Crippen LogP contribution in [0, 0.1) is 13.8 Å². The van der Waals surface area contributed by atoms with Crippen LogP contribution in [0.5, 0.6) is 0 Å². The Labute approximate surface area is 110 Å². The predicted octanol–water partition coefficient (Wildman–Crippen LogP) is 2.78. The monoisotopic (exact) mass is 263 g/mol. The molecular weight excluding hydrogens is 250 g/mol. The fourth-order valence-electron chi connectivity index (χ4n) is 1.56. The van der Waals surface area contributed by atoms with Gasteiger partial charge in [0.25, 0.3) is 0 Å². The highest BCUT2D eigenvalue weighted by Gasteiger charge is 2.04. The van der Waals surface area contributed by atoms with Gasteiger partial charge in [0.2, 0.25) is 5.95 Å². The molecule has 0 atom stereocenters. The first-order valence-corrected chi connectivity index (χ1v) is 5.82. The normalized spacial score (nSPS) is 10.2. The first-order chi connectivity index (χ1) is 8.58. The van der Waals surface area contributed by atoms with Gasteiger partial charge in [-0.2, -0.15) is 4.98 Å². The van der Waals surface area contributed by atoms with E-state index in [2.05, 4.69) is 20.7 Å². The quantitative estimate of drug-likeness (QED) is 0.586. The van der Waals surface area contributed by atoms with Crippen LogP contribution < -0.4 is 16.6 Å². The molecule has 1 aromatic heterocycles. The van der Waals surface area contributed by atoms with Crippen LogP contribution in [0.2, 0.25) is 5.02 Å². The SMILES string of the molecule is Cc1cc(Nc2cc(Cl)ccc2C)nc(NN)n1. The molecule has 0 saturated heterocycles. The third kappa shape index (κ3) is 2.88. The number of rotatable bonds is 3. The Bertz CT molecular complexity index is 570. The molecule has 2 aromatic rings. The molecule has 0 bridgehead atoms. The lowest BCUT2D eigenvalue weighted by Crippen LogP contribution is -2.12. The third-order valence-electron chi connectivity index (χ3n) is 2.45. The number of hydrogen-bond donors (Lipinski definition) is 3. The molecular formula is C12H14ClN5. The molecule has 0 aliphatic rings. The van der Waals surface area contributed by atoms with Crippen LogP contribution in [-0.2, 0) is 0 Å². The van der Waals surface area contributed by atoms with Crippen molar-refractivity contribution in [3.05, 3.63) is 40.5 Å². The van der Waals surface area contributed by atoms with E-state index in [0.29, 0.717) is 16.8 Å². The fraction of sp³-hybridized carbons (Fsp3) is 0.167. The van der Waals surface area contributed by atoms with E-state index in [4.69, 9.17) is 17.4 Å². The number of nitrogen functional groups attached to an aromatic ring is 1. The first kappa shape index (κ1) is 12.6. The van der Waals surface area contributed by atoms with Crippen molar-refractivity contribution in [1.29, 1.82) is 0 Å². The molecule has 2 rings (SSSR count). The molecule has 0 spiro atoms. The van der Waals surface area contributed by atoms with E-state index in [0.717, 1.165) is 16.9 Å². The minimum Gasteiger partial charge on any atom is -0.340 e. The molecule has 0 radical (unpaired) electrons. The Hall–Kier alpha value is -1.85. The second kappa shape index (κ2) is 5.20. The van der Waals surface area contributed by atoms with E-state index in [1.54, 1.807) is 0 Å². The van der Waals surface area contributed by atoms with Gasteiger partial charge in [0, 0.05) is 22.5 Å². The summed E-state index contributed by atoms with van der Waals surface area (Å²) in [7, 11) is 0. The van der Waals surface area contributed by atoms with Crippen molar-refractivity contribution in [2.75, 3.05) is 10.7 Å². The second-order valence-electron chi connectivity index (χ2n) is 3.95. The molecule has 0 fully saturated rings. The Kier molecular flexibility index (Phi) is 3.64. The number of aryl methyl sites for hydroxylation is 2. The number of hydrazine groups is 1. The number of nitrogens with two attached hydrogens (primary N) is 1. The summed E-state index contributed by atoms with van der Waals surface area (Å²) in [5, 5.41) is 3.87. The van der Waals surface area contributed by atoms with E-state index >= 15 is 0 Å². The van der Waals surface area contributed by atoms with Crippen molar-refractivity contribution in [2.45, 2.75) is 13.8 Å². The van der Waals surface area contributed by atoms with E-state index < -0.39 is 0 Å². The summed E-state index contributed by atoms with van der Waals surface area (Å²) in [4.78, 5) is 8.34. The van der Waals surface area contributed by atoms with Crippen molar-refractivity contribution >= 4 is 29.1 Å². The highest BCUT2D eigenvalue weighted by atomic mass is 35.5. The van der Waals surface area contributed by atoms with Gasteiger partial charge in [-0.15, -0.1) is 0 Å². The van der Waals surface area contributed by atoms with E-state index in [1.807, 2.05) is 38.1 Å².